The highest BCUT2D eigenvalue weighted by Crippen LogP contribution is 2.42. The Morgan fingerprint density at radius 3 is 2.48 bits per heavy atom. The Hall–Kier alpha value is -1.53. The van der Waals surface area contributed by atoms with Crippen LogP contribution in [0, 0.1) is 0 Å². The van der Waals surface area contributed by atoms with Gasteiger partial charge in [-0.1, -0.05) is 42.5 Å². The van der Waals surface area contributed by atoms with Crippen molar-refractivity contribution in [1.82, 2.24) is 0 Å². The molecule has 0 saturated carbocycles. The smallest absolute Gasteiger partial charge is 0.348 e. The van der Waals surface area contributed by atoms with Gasteiger partial charge in [-0.3, -0.25) is 4.57 Å². The van der Waals surface area contributed by atoms with Crippen LogP contribution in [0.25, 0.3) is 10.8 Å². The van der Waals surface area contributed by atoms with Crippen molar-refractivity contribution in [2.24, 2.45) is 0 Å². The Morgan fingerprint density at radius 2 is 1.81 bits per heavy atom. The number of methoxy groups -OCH3 is 1. The van der Waals surface area contributed by atoms with Gasteiger partial charge < -0.3 is 24.0 Å². The highest BCUT2D eigenvalue weighted by atomic mass is 31.2. The third kappa shape index (κ3) is 4.66. The number of rotatable bonds is 6. The molecule has 0 bridgehead atoms. The van der Waals surface area contributed by atoms with Gasteiger partial charge in [-0.15, -0.1) is 0 Å². The van der Waals surface area contributed by atoms with E-state index >= 15 is 0 Å². The van der Waals surface area contributed by atoms with Crippen molar-refractivity contribution >= 4 is 18.4 Å². The van der Waals surface area contributed by atoms with E-state index in [1.165, 1.54) is 6.08 Å². The van der Waals surface area contributed by atoms with Crippen molar-refractivity contribution < 1.29 is 28.6 Å². The van der Waals surface area contributed by atoms with Gasteiger partial charge in [0.1, 0.15) is 24.4 Å². The molecule has 3 rings (SSSR count). The normalized spacial score (nSPS) is 26.4. The first-order chi connectivity index (χ1) is 12.8. The van der Waals surface area contributed by atoms with Crippen molar-refractivity contribution in [2.75, 3.05) is 7.11 Å². The molecule has 0 aromatic heterocycles. The molecule has 0 spiro atoms. The Labute approximate surface area is 158 Å². The molecule has 6 nitrogen and oxygen atoms in total. The average Bonchev–Trinajstić information content (AvgIpc) is 2.95. The quantitative estimate of drug-likeness (QED) is 0.728. The van der Waals surface area contributed by atoms with Gasteiger partial charge >= 0.3 is 7.60 Å². The Kier molecular flexibility index (Phi) is 6.16. The van der Waals surface area contributed by atoms with Crippen LogP contribution < -0.4 is 0 Å². The summed E-state index contributed by atoms with van der Waals surface area (Å²) in [5.74, 6) is 0.868. The summed E-state index contributed by atoms with van der Waals surface area (Å²) in [5, 5.41) is 2.14. The molecule has 2 aromatic rings. The lowest BCUT2D eigenvalue weighted by molar-refractivity contribution is -0.0693. The summed E-state index contributed by atoms with van der Waals surface area (Å²) in [7, 11) is -2.70. The van der Waals surface area contributed by atoms with Gasteiger partial charge in [-0.2, -0.15) is 0 Å². The fraction of sp³-hybridized carbons (Fsp3) is 0.400. The van der Waals surface area contributed by atoms with Crippen LogP contribution >= 0.6 is 7.60 Å². The monoisotopic (exact) mass is 392 g/mol. The van der Waals surface area contributed by atoms with Crippen LogP contribution in [-0.4, -0.2) is 41.3 Å². The summed E-state index contributed by atoms with van der Waals surface area (Å²) in [5.41, 5.74) is 0.962. The van der Waals surface area contributed by atoms with Gasteiger partial charge in [0.15, 0.2) is 0 Å². The molecule has 0 radical (unpaired) electrons. The van der Waals surface area contributed by atoms with Gasteiger partial charge in [0.2, 0.25) is 0 Å². The molecule has 146 valence electrons. The van der Waals surface area contributed by atoms with Crippen LogP contribution in [0.5, 0.6) is 0 Å². The lowest BCUT2D eigenvalue weighted by Gasteiger charge is -2.25. The summed E-state index contributed by atoms with van der Waals surface area (Å²) in [4.78, 5) is 18.4. The highest BCUT2D eigenvalue weighted by Gasteiger charge is 2.46. The van der Waals surface area contributed by atoms with Crippen molar-refractivity contribution in [1.29, 1.82) is 0 Å². The Morgan fingerprint density at radius 1 is 1.11 bits per heavy atom. The van der Waals surface area contributed by atoms with E-state index in [0.717, 1.165) is 22.2 Å². The fourth-order valence-electron chi connectivity index (χ4n) is 3.51. The zero-order valence-electron chi connectivity index (χ0n) is 15.6. The number of ether oxygens (including phenoxy) is 3. The molecule has 4 atom stereocenters. The van der Waals surface area contributed by atoms with Crippen LogP contribution in [0.15, 0.2) is 54.4 Å². The lowest BCUT2D eigenvalue weighted by atomic mass is 9.96. The van der Waals surface area contributed by atoms with Gasteiger partial charge in [-0.25, -0.2) is 0 Å². The van der Waals surface area contributed by atoms with E-state index < -0.39 is 32.0 Å². The molecule has 0 aliphatic carbocycles. The zero-order valence-corrected chi connectivity index (χ0v) is 16.5. The van der Waals surface area contributed by atoms with E-state index in [1.807, 2.05) is 56.3 Å². The first-order valence-electron chi connectivity index (χ1n) is 8.86. The SMILES string of the molecule is CO[C@@H]1[C@H](OC(C)C)[C@@H](/C=C/P(=O)(O)O)O[C@H]1c1cccc2ccccc12. The molecule has 1 aliphatic rings. The highest BCUT2D eigenvalue weighted by molar-refractivity contribution is 7.55. The summed E-state index contributed by atoms with van der Waals surface area (Å²) in [6, 6.07) is 14.0. The van der Waals surface area contributed by atoms with E-state index in [4.69, 9.17) is 14.2 Å². The maximum Gasteiger partial charge on any atom is 0.348 e. The van der Waals surface area contributed by atoms with Crippen LogP contribution in [0.4, 0.5) is 0 Å². The maximum atomic E-state index is 11.3. The molecule has 1 heterocycles. The number of benzene rings is 2. The first kappa shape index (κ1) is 20.2. The number of hydrogen-bond acceptors (Lipinski definition) is 4. The standard InChI is InChI=1S/C20H25O6P/c1-13(2)25-19-17(11-12-27(21,22)23)26-18(20(19)24-3)16-10-6-8-14-7-4-5-9-15(14)16/h4-13,17-20H,1-3H3,(H2,21,22,23)/b12-11+/t17-,18+,19-,20+/m1/s1. The second-order valence-corrected chi connectivity index (χ2v) is 8.35. The Bertz CT molecular complexity index is 853. The topological polar surface area (TPSA) is 85.2 Å². The van der Waals surface area contributed by atoms with Crippen molar-refractivity contribution in [3.63, 3.8) is 0 Å². The molecule has 1 fully saturated rings. The third-order valence-corrected chi connectivity index (χ3v) is 5.11. The summed E-state index contributed by atoms with van der Waals surface area (Å²) < 4.78 is 29.2. The summed E-state index contributed by atoms with van der Waals surface area (Å²) >= 11 is 0. The summed E-state index contributed by atoms with van der Waals surface area (Å²) in [6.45, 7) is 3.81. The lowest BCUT2D eigenvalue weighted by Crippen LogP contribution is -2.36. The predicted octanol–water partition coefficient (Wildman–Crippen LogP) is 3.78. The molecule has 27 heavy (non-hydrogen) atoms. The molecular weight excluding hydrogens is 367 g/mol. The largest absolute Gasteiger partial charge is 0.376 e. The van der Waals surface area contributed by atoms with Crippen LogP contribution in [0.2, 0.25) is 0 Å². The van der Waals surface area contributed by atoms with E-state index in [1.54, 1.807) is 7.11 Å². The van der Waals surface area contributed by atoms with Gasteiger partial charge in [0.05, 0.1) is 6.10 Å². The molecular formula is C20H25O6P. The average molecular weight is 392 g/mol. The van der Waals surface area contributed by atoms with Crippen LogP contribution in [0.3, 0.4) is 0 Å². The summed E-state index contributed by atoms with van der Waals surface area (Å²) in [6.07, 6.45) is -0.657. The van der Waals surface area contributed by atoms with Gasteiger partial charge in [0.25, 0.3) is 0 Å². The predicted molar refractivity (Wildman–Crippen MR) is 104 cm³/mol. The minimum Gasteiger partial charge on any atom is -0.376 e. The molecule has 2 aromatic carbocycles. The van der Waals surface area contributed by atoms with E-state index in [9.17, 15) is 14.4 Å². The van der Waals surface area contributed by atoms with Crippen LogP contribution in [-0.2, 0) is 18.8 Å². The van der Waals surface area contributed by atoms with Gasteiger partial charge in [0, 0.05) is 12.9 Å². The molecule has 7 heteroatoms. The number of fused-ring (bicyclic) bond motifs is 1. The second kappa shape index (κ2) is 8.23. The molecule has 0 amide bonds. The number of hydrogen-bond donors (Lipinski definition) is 2. The third-order valence-electron chi connectivity index (χ3n) is 4.55. The maximum absolute atomic E-state index is 11.3. The molecule has 1 saturated heterocycles. The Balaban J connectivity index is 2.02. The van der Waals surface area contributed by atoms with Crippen molar-refractivity contribution in [3.05, 3.63) is 59.9 Å². The second-order valence-electron chi connectivity index (χ2n) is 6.87. The van der Waals surface area contributed by atoms with Crippen LogP contribution in [0.1, 0.15) is 25.5 Å². The first-order valence-corrected chi connectivity index (χ1v) is 10.5. The fourth-order valence-corrected chi connectivity index (χ4v) is 3.90. The molecule has 2 N–H and O–H groups in total. The van der Waals surface area contributed by atoms with E-state index in [2.05, 4.69) is 0 Å². The van der Waals surface area contributed by atoms with Gasteiger partial charge in [-0.05, 0) is 36.3 Å². The van der Waals surface area contributed by atoms with Crippen molar-refractivity contribution in [3.8, 4) is 0 Å². The minimum atomic E-state index is -4.29. The minimum absolute atomic E-state index is 0.0894. The van der Waals surface area contributed by atoms with E-state index in [0.29, 0.717) is 0 Å². The van der Waals surface area contributed by atoms with E-state index in [-0.39, 0.29) is 6.10 Å². The molecule has 0 unspecified atom stereocenters. The molecule has 1 aliphatic heterocycles. The zero-order chi connectivity index (χ0) is 19.6. The van der Waals surface area contributed by atoms with Crippen molar-refractivity contribution in [2.45, 2.75) is 44.4 Å².